The first-order valence-corrected chi connectivity index (χ1v) is 9.89. The zero-order chi connectivity index (χ0) is 19.9. The number of pyridine rings is 1. The summed E-state index contributed by atoms with van der Waals surface area (Å²) in [7, 11) is 3.96. The molecule has 0 saturated carbocycles. The van der Waals surface area contributed by atoms with E-state index in [4.69, 9.17) is 4.74 Å². The quantitative estimate of drug-likeness (QED) is 0.830. The minimum atomic E-state index is 0.0564. The van der Waals surface area contributed by atoms with Gasteiger partial charge in [0.1, 0.15) is 11.6 Å². The van der Waals surface area contributed by atoms with Crippen LogP contribution in [-0.4, -0.2) is 55.6 Å². The fraction of sp³-hybridized carbons (Fsp3) is 0.455. The van der Waals surface area contributed by atoms with Crippen LogP contribution in [0.2, 0.25) is 0 Å². The number of nitrogens with one attached hydrogen (secondary N) is 1. The summed E-state index contributed by atoms with van der Waals surface area (Å²) in [5, 5.41) is 3.56. The lowest BCUT2D eigenvalue weighted by Gasteiger charge is -2.21. The molecule has 1 aromatic heterocycles. The van der Waals surface area contributed by atoms with Gasteiger partial charge in [0.05, 0.1) is 11.9 Å². The molecule has 2 heterocycles. The van der Waals surface area contributed by atoms with E-state index in [1.807, 2.05) is 67.3 Å². The lowest BCUT2D eigenvalue weighted by Crippen LogP contribution is -2.36. The van der Waals surface area contributed by atoms with E-state index in [0.29, 0.717) is 6.04 Å². The van der Waals surface area contributed by atoms with Crippen LogP contribution in [0.25, 0.3) is 0 Å². The highest BCUT2D eigenvalue weighted by Gasteiger charge is 2.21. The highest BCUT2D eigenvalue weighted by molar-refractivity contribution is 5.77. The van der Waals surface area contributed by atoms with Crippen molar-refractivity contribution < 1.29 is 9.53 Å². The van der Waals surface area contributed by atoms with Crippen molar-refractivity contribution in [2.45, 2.75) is 32.2 Å². The first-order valence-electron chi connectivity index (χ1n) is 9.89. The largest absolute Gasteiger partial charge is 0.484 e. The Labute approximate surface area is 167 Å². The number of hydrogen-bond acceptors (Lipinski definition) is 5. The number of benzene rings is 1. The number of carbonyl (C=O) groups excluding carboxylic acids is 1. The van der Waals surface area contributed by atoms with Crippen molar-refractivity contribution in [3.63, 3.8) is 0 Å². The Morgan fingerprint density at radius 1 is 1.21 bits per heavy atom. The first kappa shape index (κ1) is 20.0. The highest BCUT2D eigenvalue weighted by Crippen LogP contribution is 2.19. The molecule has 1 saturated heterocycles. The smallest absolute Gasteiger partial charge is 0.260 e. The summed E-state index contributed by atoms with van der Waals surface area (Å²) in [5.74, 6) is 1.77. The monoisotopic (exact) mass is 382 g/mol. The van der Waals surface area contributed by atoms with E-state index in [1.54, 1.807) is 0 Å². The summed E-state index contributed by atoms with van der Waals surface area (Å²) in [4.78, 5) is 20.9. The van der Waals surface area contributed by atoms with E-state index < -0.39 is 0 Å². The van der Waals surface area contributed by atoms with Gasteiger partial charge in [-0.05, 0) is 49.9 Å². The van der Waals surface area contributed by atoms with E-state index in [-0.39, 0.29) is 12.5 Å². The SMILES string of the molecule is Cc1ccccc1OCC(=O)N1CCC[C@@H](Nc2ccc(N(C)C)nc2)CC1. The van der Waals surface area contributed by atoms with Gasteiger partial charge in [0, 0.05) is 33.2 Å². The summed E-state index contributed by atoms with van der Waals surface area (Å²) in [6.45, 7) is 3.61. The molecule has 1 aliphatic rings. The molecule has 1 aliphatic heterocycles. The average molecular weight is 383 g/mol. The van der Waals surface area contributed by atoms with Crippen LogP contribution in [0.4, 0.5) is 11.5 Å². The third-order valence-corrected chi connectivity index (χ3v) is 5.10. The second kappa shape index (κ2) is 9.44. The van der Waals surface area contributed by atoms with Gasteiger partial charge in [-0.1, -0.05) is 18.2 Å². The molecule has 1 N–H and O–H groups in total. The Morgan fingerprint density at radius 3 is 2.75 bits per heavy atom. The molecule has 6 nitrogen and oxygen atoms in total. The number of para-hydroxylation sites is 1. The van der Waals surface area contributed by atoms with Gasteiger partial charge in [-0.2, -0.15) is 0 Å². The maximum absolute atomic E-state index is 12.6. The van der Waals surface area contributed by atoms with Crippen LogP contribution in [0, 0.1) is 6.92 Å². The number of aryl methyl sites for hydroxylation is 1. The zero-order valence-corrected chi connectivity index (χ0v) is 17.0. The van der Waals surface area contributed by atoms with Gasteiger partial charge >= 0.3 is 0 Å². The molecule has 2 aromatic rings. The zero-order valence-electron chi connectivity index (χ0n) is 17.0. The lowest BCUT2D eigenvalue weighted by atomic mass is 10.1. The molecular weight excluding hydrogens is 352 g/mol. The van der Waals surface area contributed by atoms with E-state index in [2.05, 4.69) is 16.4 Å². The Morgan fingerprint density at radius 2 is 2.04 bits per heavy atom. The van der Waals surface area contributed by atoms with Crippen molar-refractivity contribution in [3.8, 4) is 5.75 Å². The number of amides is 1. The summed E-state index contributed by atoms with van der Waals surface area (Å²) >= 11 is 0. The minimum absolute atomic E-state index is 0.0564. The van der Waals surface area contributed by atoms with Gasteiger partial charge in [-0.15, -0.1) is 0 Å². The lowest BCUT2D eigenvalue weighted by molar-refractivity contribution is -0.133. The van der Waals surface area contributed by atoms with Gasteiger partial charge in [0.2, 0.25) is 0 Å². The summed E-state index contributed by atoms with van der Waals surface area (Å²) < 4.78 is 5.73. The molecule has 3 rings (SSSR count). The van der Waals surface area contributed by atoms with E-state index >= 15 is 0 Å². The number of hydrogen-bond donors (Lipinski definition) is 1. The number of aromatic nitrogens is 1. The van der Waals surface area contributed by atoms with Crippen LogP contribution >= 0.6 is 0 Å². The van der Waals surface area contributed by atoms with E-state index in [9.17, 15) is 4.79 Å². The van der Waals surface area contributed by atoms with Gasteiger partial charge in [0.15, 0.2) is 6.61 Å². The molecule has 1 aromatic carbocycles. The first-order chi connectivity index (χ1) is 13.5. The maximum Gasteiger partial charge on any atom is 0.260 e. The van der Waals surface area contributed by atoms with Crippen molar-refractivity contribution in [1.82, 2.24) is 9.88 Å². The Bertz CT molecular complexity index is 776. The topological polar surface area (TPSA) is 57.7 Å². The summed E-state index contributed by atoms with van der Waals surface area (Å²) in [5.41, 5.74) is 2.07. The number of anilines is 2. The van der Waals surface area contributed by atoms with Gasteiger partial charge in [0.25, 0.3) is 5.91 Å². The highest BCUT2D eigenvalue weighted by atomic mass is 16.5. The fourth-order valence-electron chi connectivity index (χ4n) is 3.41. The van der Waals surface area contributed by atoms with Crippen LogP contribution in [0.5, 0.6) is 5.75 Å². The molecule has 1 fully saturated rings. The van der Waals surface area contributed by atoms with Gasteiger partial charge in [-0.25, -0.2) is 4.98 Å². The molecule has 6 heteroatoms. The van der Waals surface area contributed by atoms with Crippen LogP contribution in [0.1, 0.15) is 24.8 Å². The van der Waals surface area contributed by atoms with Crippen LogP contribution in [0.3, 0.4) is 0 Å². The van der Waals surface area contributed by atoms with Crippen molar-refractivity contribution in [2.75, 3.05) is 44.0 Å². The van der Waals surface area contributed by atoms with Crippen molar-refractivity contribution in [3.05, 3.63) is 48.2 Å². The molecule has 28 heavy (non-hydrogen) atoms. The fourth-order valence-corrected chi connectivity index (χ4v) is 3.41. The van der Waals surface area contributed by atoms with E-state index in [1.165, 1.54) is 0 Å². The van der Waals surface area contributed by atoms with Crippen molar-refractivity contribution in [1.29, 1.82) is 0 Å². The van der Waals surface area contributed by atoms with Crippen LogP contribution < -0.4 is 15.0 Å². The number of likely N-dealkylation sites (tertiary alicyclic amines) is 1. The molecule has 0 spiro atoms. The number of ether oxygens (including phenoxy) is 1. The third-order valence-electron chi connectivity index (χ3n) is 5.10. The normalized spacial score (nSPS) is 17.0. The minimum Gasteiger partial charge on any atom is -0.484 e. The Hall–Kier alpha value is -2.76. The molecule has 0 aliphatic carbocycles. The number of nitrogens with zero attached hydrogens (tertiary/aromatic N) is 3. The predicted molar refractivity (Wildman–Crippen MR) is 113 cm³/mol. The molecule has 1 amide bonds. The average Bonchev–Trinajstić information content (AvgIpc) is 2.93. The molecule has 1 atom stereocenters. The van der Waals surface area contributed by atoms with E-state index in [0.717, 1.165) is 55.2 Å². The molecule has 150 valence electrons. The molecular formula is C22H30N4O2. The molecule has 0 bridgehead atoms. The maximum atomic E-state index is 12.6. The standard InChI is InChI=1S/C22H30N4O2/c1-17-7-4-5-9-20(17)28-16-22(27)26-13-6-8-18(12-14-26)24-19-10-11-21(23-15-19)25(2)3/h4-5,7,9-11,15,18,24H,6,8,12-14,16H2,1-3H3/t18-/m1/s1. The Kier molecular flexibility index (Phi) is 6.74. The van der Waals surface area contributed by atoms with Crippen LogP contribution in [0.15, 0.2) is 42.6 Å². The van der Waals surface area contributed by atoms with Crippen molar-refractivity contribution in [2.24, 2.45) is 0 Å². The molecule has 0 unspecified atom stereocenters. The number of carbonyl (C=O) groups is 1. The van der Waals surface area contributed by atoms with Gasteiger partial charge < -0.3 is 19.9 Å². The predicted octanol–water partition coefficient (Wildman–Crippen LogP) is 3.33. The summed E-state index contributed by atoms with van der Waals surface area (Å²) in [6.07, 6.45) is 4.82. The van der Waals surface area contributed by atoms with Crippen LogP contribution in [-0.2, 0) is 4.79 Å². The summed E-state index contributed by atoms with van der Waals surface area (Å²) in [6, 6.07) is 12.2. The second-order valence-corrected chi connectivity index (χ2v) is 7.51. The second-order valence-electron chi connectivity index (χ2n) is 7.51. The number of rotatable bonds is 6. The van der Waals surface area contributed by atoms with Gasteiger partial charge in [-0.3, -0.25) is 4.79 Å². The molecule has 0 radical (unpaired) electrons. The third kappa shape index (κ3) is 5.38. The van der Waals surface area contributed by atoms with Crippen molar-refractivity contribution >= 4 is 17.4 Å². The Balaban J connectivity index is 1.48.